The number of carbonyl (C=O) groups is 2. The number of nitro groups is 1. The van der Waals surface area contributed by atoms with Gasteiger partial charge in [-0.1, -0.05) is 30.3 Å². The fraction of sp³-hybridized carbons (Fsp3) is 0.364. The molecule has 1 aliphatic rings. The summed E-state index contributed by atoms with van der Waals surface area (Å²) in [4.78, 5) is 39.8. The highest BCUT2D eigenvalue weighted by Gasteiger charge is 2.29. The Morgan fingerprint density at radius 2 is 1.97 bits per heavy atom. The summed E-state index contributed by atoms with van der Waals surface area (Å²) < 4.78 is 0. The van der Waals surface area contributed by atoms with E-state index in [1.165, 1.54) is 16.5 Å². The Balaban J connectivity index is 1.76. The molecule has 1 aliphatic heterocycles. The van der Waals surface area contributed by atoms with Crippen molar-refractivity contribution in [3.05, 3.63) is 74.8 Å². The summed E-state index contributed by atoms with van der Waals surface area (Å²) in [7, 11) is 0. The molecule has 2 aromatic carbocycles. The van der Waals surface area contributed by atoms with E-state index in [0.29, 0.717) is 18.7 Å². The van der Waals surface area contributed by atoms with Gasteiger partial charge < -0.3 is 9.80 Å². The number of fused-ring (bicyclic) bond motifs is 1. The molecule has 29 heavy (non-hydrogen) atoms. The van der Waals surface area contributed by atoms with Crippen molar-refractivity contribution < 1.29 is 14.5 Å². The van der Waals surface area contributed by atoms with Crippen LogP contribution in [0, 0.1) is 17.0 Å². The van der Waals surface area contributed by atoms with Crippen molar-refractivity contribution in [3.63, 3.8) is 0 Å². The van der Waals surface area contributed by atoms with Gasteiger partial charge in [-0.15, -0.1) is 0 Å². The number of likely N-dealkylation sites (N-methyl/N-ethyl adjacent to an activating group) is 1. The summed E-state index contributed by atoms with van der Waals surface area (Å²) >= 11 is 0. The summed E-state index contributed by atoms with van der Waals surface area (Å²) in [5.41, 5.74) is 3.00. The van der Waals surface area contributed by atoms with Crippen molar-refractivity contribution in [3.8, 4) is 0 Å². The van der Waals surface area contributed by atoms with Crippen molar-refractivity contribution in [2.45, 2.75) is 33.2 Å². The van der Waals surface area contributed by atoms with Crippen LogP contribution in [-0.2, 0) is 11.2 Å². The molecule has 0 spiro atoms. The molecule has 1 atom stereocenters. The fourth-order valence-corrected chi connectivity index (χ4v) is 3.82. The van der Waals surface area contributed by atoms with Gasteiger partial charge in [-0.2, -0.15) is 0 Å². The lowest BCUT2D eigenvalue weighted by atomic mass is 9.93. The van der Waals surface area contributed by atoms with E-state index in [1.54, 1.807) is 30.9 Å². The van der Waals surface area contributed by atoms with Gasteiger partial charge in [0.15, 0.2) is 0 Å². The highest BCUT2D eigenvalue weighted by Crippen LogP contribution is 2.29. The van der Waals surface area contributed by atoms with Crippen LogP contribution in [0.25, 0.3) is 0 Å². The van der Waals surface area contributed by atoms with Crippen molar-refractivity contribution in [2.24, 2.45) is 0 Å². The summed E-state index contributed by atoms with van der Waals surface area (Å²) in [6, 6.07) is 12.4. The Hall–Kier alpha value is -3.22. The number of nitro benzene ring substituents is 1. The molecular weight excluding hydrogens is 370 g/mol. The van der Waals surface area contributed by atoms with Gasteiger partial charge in [-0.3, -0.25) is 19.7 Å². The third-order valence-electron chi connectivity index (χ3n) is 5.56. The lowest BCUT2D eigenvalue weighted by molar-refractivity contribution is -0.385. The predicted molar refractivity (Wildman–Crippen MR) is 110 cm³/mol. The molecule has 152 valence electrons. The Kier molecular flexibility index (Phi) is 5.96. The highest BCUT2D eigenvalue weighted by atomic mass is 16.6. The van der Waals surface area contributed by atoms with E-state index >= 15 is 0 Å². The lowest BCUT2D eigenvalue weighted by Crippen LogP contribution is -2.46. The molecule has 1 heterocycles. The largest absolute Gasteiger partial charge is 0.334 e. The minimum atomic E-state index is -0.500. The molecule has 0 aromatic heterocycles. The van der Waals surface area contributed by atoms with Crippen molar-refractivity contribution >= 4 is 17.5 Å². The van der Waals surface area contributed by atoms with Crippen molar-refractivity contribution in [2.75, 3.05) is 19.6 Å². The number of aryl methyl sites for hydroxylation is 1. The second kappa shape index (κ2) is 8.43. The zero-order chi connectivity index (χ0) is 21.1. The van der Waals surface area contributed by atoms with Gasteiger partial charge in [0.05, 0.1) is 11.0 Å². The molecule has 7 nitrogen and oxygen atoms in total. The Morgan fingerprint density at radius 3 is 2.66 bits per heavy atom. The van der Waals surface area contributed by atoms with Gasteiger partial charge in [0.25, 0.3) is 11.6 Å². The topological polar surface area (TPSA) is 83.8 Å². The van der Waals surface area contributed by atoms with Crippen molar-refractivity contribution in [1.82, 2.24) is 9.80 Å². The fourth-order valence-electron chi connectivity index (χ4n) is 3.82. The number of rotatable bonds is 5. The number of benzene rings is 2. The average molecular weight is 395 g/mol. The van der Waals surface area contributed by atoms with Gasteiger partial charge in [0, 0.05) is 30.3 Å². The van der Waals surface area contributed by atoms with Gasteiger partial charge in [0.1, 0.15) is 6.54 Å². The molecule has 7 heteroatoms. The second-order valence-corrected chi connectivity index (χ2v) is 7.29. The van der Waals surface area contributed by atoms with E-state index in [0.717, 1.165) is 12.0 Å². The first-order valence-electron chi connectivity index (χ1n) is 9.75. The Labute approximate surface area is 170 Å². The molecule has 0 saturated carbocycles. The molecule has 0 fully saturated rings. The van der Waals surface area contributed by atoms with Crippen LogP contribution in [0.3, 0.4) is 0 Å². The highest BCUT2D eigenvalue weighted by molar-refractivity contribution is 5.97. The maximum atomic E-state index is 13.0. The molecule has 1 unspecified atom stereocenters. The molecule has 0 aliphatic carbocycles. The summed E-state index contributed by atoms with van der Waals surface area (Å²) in [6.07, 6.45) is 0.788. The van der Waals surface area contributed by atoms with Crippen molar-refractivity contribution in [1.29, 1.82) is 0 Å². The first-order valence-corrected chi connectivity index (χ1v) is 9.75. The van der Waals surface area contributed by atoms with Crippen LogP contribution in [0.15, 0.2) is 42.5 Å². The first kappa shape index (κ1) is 20.5. The van der Waals surface area contributed by atoms with E-state index in [-0.39, 0.29) is 35.7 Å². The predicted octanol–water partition coefficient (Wildman–Crippen LogP) is 3.51. The van der Waals surface area contributed by atoms with E-state index < -0.39 is 4.92 Å². The van der Waals surface area contributed by atoms with E-state index in [9.17, 15) is 19.7 Å². The zero-order valence-electron chi connectivity index (χ0n) is 16.9. The molecule has 2 amide bonds. The number of hydrogen-bond acceptors (Lipinski definition) is 4. The maximum absolute atomic E-state index is 13.0. The van der Waals surface area contributed by atoms with Crippen LogP contribution < -0.4 is 0 Å². The zero-order valence-corrected chi connectivity index (χ0v) is 16.9. The number of hydrogen-bond donors (Lipinski definition) is 0. The van der Waals surface area contributed by atoms with Crippen LogP contribution in [0.5, 0.6) is 0 Å². The monoisotopic (exact) mass is 395 g/mol. The number of amides is 2. The summed E-state index contributed by atoms with van der Waals surface area (Å²) in [6.45, 7) is 6.32. The maximum Gasteiger partial charge on any atom is 0.273 e. The molecule has 0 N–H and O–H groups in total. The normalized spacial score (nSPS) is 15.6. The first-order chi connectivity index (χ1) is 13.8. The second-order valence-electron chi connectivity index (χ2n) is 7.29. The average Bonchev–Trinajstić information content (AvgIpc) is 2.72. The minimum absolute atomic E-state index is 0.0521. The van der Waals surface area contributed by atoms with Gasteiger partial charge in [-0.25, -0.2) is 0 Å². The SMILES string of the molecule is CCN(CC(=O)N1CCc2ccccc2C1C)C(=O)c1ccc(C)c([N+](=O)[O-])c1. The molecular formula is C22H25N3O4. The third kappa shape index (κ3) is 4.13. The molecule has 0 saturated heterocycles. The van der Waals surface area contributed by atoms with E-state index in [4.69, 9.17) is 0 Å². The van der Waals surface area contributed by atoms with E-state index in [1.807, 2.05) is 25.1 Å². The number of carbonyl (C=O) groups excluding carboxylic acids is 2. The standard InChI is InChI=1S/C22H25N3O4/c1-4-23(22(27)18-10-9-15(2)20(13-18)25(28)29)14-21(26)24-12-11-17-7-5-6-8-19(17)16(24)3/h5-10,13,16H,4,11-12,14H2,1-3H3. The smallest absolute Gasteiger partial charge is 0.273 e. The Morgan fingerprint density at radius 1 is 1.24 bits per heavy atom. The van der Waals surface area contributed by atoms with Crippen LogP contribution in [0.1, 0.15) is 46.9 Å². The third-order valence-corrected chi connectivity index (χ3v) is 5.56. The summed E-state index contributed by atoms with van der Waals surface area (Å²) in [5.74, 6) is -0.502. The van der Waals surface area contributed by atoms with Gasteiger partial charge >= 0.3 is 0 Å². The quantitative estimate of drug-likeness (QED) is 0.573. The van der Waals surface area contributed by atoms with Crippen LogP contribution in [0.2, 0.25) is 0 Å². The summed E-state index contributed by atoms with van der Waals surface area (Å²) in [5, 5.41) is 11.2. The molecule has 3 rings (SSSR count). The molecule has 0 radical (unpaired) electrons. The lowest BCUT2D eigenvalue weighted by Gasteiger charge is -2.36. The number of nitrogens with zero attached hydrogens (tertiary/aromatic N) is 3. The Bertz CT molecular complexity index is 957. The molecule has 2 aromatic rings. The van der Waals surface area contributed by atoms with Gasteiger partial charge in [0.2, 0.25) is 5.91 Å². The van der Waals surface area contributed by atoms with E-state index in [2.05, 4.69) is 6.07 Å². The molecule has 0 bridgehead atoms. The van der Waals surface area contributed by atoms with Crippen LogP contribution in [0.4, 0.5) is 5.69 Å². The van der Waals surface area contributed by atoms with Crippen LogP contribution >= 0.6 is 0 Å². The minimum Gasteiger partial charge on any atom is -0.334 e. The van der Waals surface area contributed by atoms with Crippen LogP contribution in [-0.4, -0.2) is 46.2 Å². The van der Waals surface area contributed by atoms with Gasteiger partial charge in [-0.05, 0) is 44.4 Å².